The molecule has 0 heterocycles. The summed E-state index contributed by atoms with van der Waals surface area (Å²) in [5.74, 6) is 1.89. The van der Waals surface area contributed by atoms with Crippen LogP contribution in [-0.2, 0) is 0 Å². The molecule has 0 N–H and O–H groups in total. The third-order valence-corrected chi connectivity index (χ3v) is 6.38. The van der Waals surface area contributed by atoms with Gasteiger partial charge in [-0.3, -0.25) is 0 Å². The van der Waals surface area contributed by atoms with Gasteiger partial charge >= 0.3 is 0 Å². The average molecular weight is 313 g/mol. The summed E-state index contributed by atoms with van der Waals surface area (Å²) >= 11 is 0. The minimum Gasteiger partial charge on any atom is -0.198 e. The molecule has 2 heteroatoms. The van der Waals surface area contributed by atoms with Gasteiger partial charge in [-0.1, -0.05) is 12.5 Å². The molecule has 2 aliphatic rings. The van der Waals surface area contributed by atoms with E-state index in [2.05, 4.69) is 18.7 Å². The van der Waals surface area contributed by atoms with Crippen molar-refractivity contribution in [2.45, 2.75) is 83.5 Å². The predicted octanol–water partition coefficient (Wildman–Crippen LogP) is 6.15. The molecule has 0 aromatic heterocycles. The molecule has 2 aliphatic carbocycles. The third-order valence-electron chi connectivity index (χ3n) is 6.38. The lowest BCUT2D eigenvalue weighted by Crippen LogP contribution is -2.27. The number of nitriles is 2. The SMILES string of the molecule is C=CCCCC1CCC(C#N)(CCC2CCC(C#N)CC2)CC1. The van der Waals surface area contributed by atoms with Gasteiger partial charge in [0.05, 0.1) is 17.6 Å². The molecule has 0 unspecified atom stereocenters. The molecule has 0 radical (unpaired) electrons. The number of hydrogen-bond donors (Lipinski definition) is 0. The molecule has 23 heavy (non-hydrogen) atoms. The molecular formula is C21H32N2. The summed E-state index contributed by atoms with van der Waals surface area (Å²) in [7, 11) is 0. The fourth-order valence-electron chi connectivity index (χ4n) is 4.55. The lowest BCUT2D eigenvalue weighted by atomic mass is 9.66. The molecule has 0 atom stereocenters. The van der Waals surface area contributed by atoms with Crippen molar-refractivity contribution in [2.75, 3.05) is 0 Å². The first kappa shape index (κ1) is 18.1. The van der Waals surface area contributed by atoms with E-state index >= 15 is 0 Å². The molecule has 0 saturated heterocycles. The standard InChI is InChI=1S/C21H32N2/c1-2-3-4-5-18-10-13-21(17-23,14-11-18)15-12-19-6-8-20(16-22)9-7-19/h2,18-20H,1,3-15H2. The van der Waals surface area contributed by atoms with Crippen molar-refractivity contribution >= 4 is 0 Å². The van der Waals surface area contributed by atoms with E-state index in [1.807, 2.05) is 6.08 Å². The van der Waals surface area contributed by atoms with Crippen molar-refractivity contribution in [3.8, 4) is 12.1 Å². The summed E-state index contributed by atoms with van der Waals surface area (Å²) in [6, 6.07) is 5.11. The quantitative estimate of drug-likeness (QED) is 0.418. The summed E-state index contributed by atoms with van der Waals surface area (Å²) in [4.78, 5) is 0. The second kappa shape index (κ2) is 9.12. The zero-order valence-electron chi connectivity index (χ0n) is 14.6. The monoisotopic (exact) mass is 312 g/mol. The fourth-order valence-corrected chi connectivity index (χ4v) is 4.55. The summed E-state index contributed by atoms with van der Waals surface area (Å²) in [6.45, 7) is 3.80. The molecule has 0 aromatic carbocycles. The van der Waals surface area contributed by atoms with Gasteiger partial charge in [0, 0.05) is 5.92 Å². The Labute approximate surface area is 142 Å². The normalized spacial score (nSPS) is 34.3. The Morgan fingerprint density at radius 1 is 0.957 bits per heavy atom. The maximum absolute atomic E-state index is 9.75. The summed E-state index contributed by atoms with van der Waals surface area (Å²) < 4.78 is 0. The lowest BCUT2D eigenvalue weighted by molar-refractivity contribution is 0.168. The van der Waals surface area contributed by atoms with E-state index in [0.29, 0.717) is 5.92 Å². The lowest BCUT2D eigenvalue weighted by Gasteiger charge is -2.36. The van der Waals surface area contributed by atoms with Crippen molar-refractivity contribution in [1.82, 2.24) is 0 Å². The maximum atomic E-state index is 9.75. The van der Waals surface area contributed by atoms with Crippen LogP contribution in [0.5, 0.6) is 0 Å². The number of unbranched alkanes of at least 4 members (excludes halogenated alkanes) is 1. The minimum absolute atomic E-state index is 0.0407. The van der Waals surface area contributed by atoms with Gasteiger partial charge in [-0.25, -0.2) is 0 Å². The smallest absolute Gasteiger partial charge is 0.0689 e. The number of allylic oxidation sites excluding steroid dienone is 1. The van der Waals surface area contributed by atoms with Gasteiger partial charge in [-0.15, -0.1) is 6.58 Å². The van der Waals surface area contributed by atoms with Crippen LogP contribution in [0.25, 0.3) is 0 Å². The molecule has 0 spiro atoms. The van der Waals surface area contributed by atoms with Gasteiger partial charge in [0.25, 0.3) is 0 Å². The average Bonchev–Trinajstić information content (AvgIpc) is 2.62. The van der Waals surface area contributed by atoms with Gasteiger partial charge in [0.2, 0.25) is 0 Å². The highest BCUT2D eigenvalue weighted by Gasteiger charge is 2.35. The molecule has 0 bridgehead atoms. The number of nitrogens with zero attached hydrogens (tertiary/aromatic N) is 2. The molecule has 2 fully saturated rings. The molecule has 0 amide bonds. The Morgan fingerprint density at radius 2 is 1.61 bits per heavy atom. The Hall–Kier alpha value is -1.28. The second-order valence-corrected chi connectivity index (χ2v) is 7.94. The van der Waals surface area contributed by atoms with Crippen LogP contribution in [-0.4, -0.2) is 0 Å². The second-order valence-electron chi connectivity index (χ2n) is 7.94. The van der Waals surface area contributed by atoms with Crippen LogP contribution >= 0.6 is 0 Å². The zero-order chi connectivity index (χ0) is 16.5. The Bertz CT molecular complexity index is 437. The van der Waals surface area contributed by atoms with E-state index < -0.39 is 0 Å². The largest absolute Gasteiger partial charge is 0.198 e. The van der Waals surface area contributed by atoms with E-state index in [0.717, 1.165) is 50.4 Å². The maximum Gasteiger partial charge on any atom is 0.0689 e. The summed E-state index contributed by atoms with van der Waals surface area (Å²) in [5, 5.41) is 18.7. The van der Waals surface area contributed by atoms with E-state index in [9.17, 15) is 5.26 Å². The Kier molecular flexibility index (Phi) is 7.16. The number of hydrogen-bond acceptors (Lipinski definition) is 2. The van der Waals surface area contributed by atoms with Crippen LogP contribution in [0.4, 0.5) is 0 Å². The van der Waals surface area contributed by atoms with Crippen LogP contribution in [0.2, 0.25) is 0 Å². The van der Waals surface area contributed by atoms with E-state index in [4.69, 9.17) is 5.26 Å². The van der Waals surface area contributed by atoms with E-state index in [-0.39, 0.29) is 5.41 Å². The van der Waals surface area contributed by atoms with Gasteiger partial charge in [0.1, 0.15) is 0 Å². The molecule has 2 rings (SSSR count). The van der Waals surface area contributed by atoms with Gasteiger partial charge in [-0.05, 0) is 88.9 Å². The first-order valence-corrected chi connectivity index (χ1v) is 9.63. The van der Waals surface area contributed by atoms with E-state index in [1.165, 1.54) is 44.9 Å². The molecule has 0 aliphatic heterocycles. The summed E-state index contributed by atoms with van der Waals surface area (Å²) in [5.41, 5.74) is -0.0407. The van der Waals surface area contributed by atoms with Gasteiger partial charge < -0.3 is 0 Å². The van der Waals surface area contributed by atoms with Crippen LogP contribution < -0.4 is 0 Å². The predicted molar refractivity (Wildman–Crippen MR) is 94.3 cm³/mol. The van der Waals surface area contributed by atoms with Crippen molar-refractivity contribution in [2.24, 2.45) is 23.2 Å². The molecule has 0 aromatic rings. The highest BCUT2D eigenvalue weighted by molar-refractivity contribution is 5.02. The van der Waals surface area contributed by atoms with Gasteiger partial charge in [0.15, 0.2) is 0 Å². The molecule has 2 nitrogen and oxygen atoms in total. The first-order valence-electron chi connectivity index (χ1n) is 9.63. The first-order chi connectivity index (χ1) is 11.2. The van der Waals surface area contributed by atoms with Crippen molar-refractivity contribution in [3.63, 3.8) is 0 Å². The molecule has 2 saturated carbocycles. The van der Waals surface area contributed by atoms with Crippen LogP contribution in [0.3, 0.4) is 0 Å². The van der Waals surface area contributed by atoms with Crippen LogP contribution in [0.1, 0.15) is 83.5 Å². The van der Waals surface area contributed by atoms with Crippen molar-refractivity contribution in [3.05, 3.63) is 12.7 Å². The number of rotatable bonds is 7. The van der Waals surface area contributed by atoms with Gasteiger partial charge in [-0.2, -0.15) is 10.5 Å². The Morgan fingerprint density at radius 3 is 2.17 bits per heavy atom. The van der Waals surface area contributed by atoms with Crippen molar-refractivity contribution in [1.29, 1.82) is 10.5 Å². The van der Waals surface area contributed by atoms with Crippen LogP contribution in [0.15, 0.2) is 12.7 Å². The fraction of sp³-hybridized carbons (Fsp3) is 0.810. The highest BCUT2D eigenvalue weighted by atomic mass is 14.4. The van der Waals surface area contributed by atoms with Crippen LogP contribution in [0, 0.1) is 45.8 Å². The third kappa shape index (κ3) is 5.39. The molecular weight excluding hydrogens is 280 g/mol. The topological polar surface area (TPSA) is 47.6 Å². The minimum atomic E-state index is -0.0407. The molecule has 126 valence electrons. The zero-order valence-corrected chi connectivity index (χ0v) is 14.6. The summed E-state index contributed by atoms with van der Waals surface area (Å²) in [6.07, 6.45) is 17.3. The van der Waals surface area contributed by atoms with E-state index in [1.54, 1.807) is 0 Å². The Balaban J connectivity index is 1.72. The van der Waals surface area contributed by atoms with Crippen molar-refractivity contribution < 1.29 is 0 Å². The highest BCUT2D eigenvalue weighted by Crippen LogP contribution is 2.45.